The molecule has 2 aromatic heterocycles. The highest BCUT2D eigenvalue weighted by Gasteiger charge is 2.26. The summed E-state index contributed by atoms with van der Waals surface area (Å²) in [4.78, 5) is 28.1. The highest BCUT2D eigenvalue weighted by molar-refractivity contribution is 6.06. The van der Waals surface area contributed by atoms with E-state index in [-0.39, 0.29) is 12.0 Å². The number of amides is 1. The SMILES string of the molecule is Cc1[nH]c2c(C(=O)N3CCC(Oc4cccc(CN5CCN(Cc6cccnc6)CC5)c4)CC3)cccc2c1C. The Hall–Kier alpha value is -3.68. The molecule has 1 N–H and O–H groups in total. The van der Waals surface area contributed by atoms with Crippen LogP contribution >= 0.6 is 0 Å². The molecule has 2 aliphatic rings. The Balaban J connectivity index is 0.993. The lowest BCUT2D eigenvalue weighted by molar-refractivity contribution is 0.0597. The number of pyridine rings is 1. The van der Waals surface area contributed by atoms with Gasteiger partial charge in [-0.25, -0.2) is 0 Å². The number of rotatable bonds is 7. The minimum absolute atomic E-state index is 0.104. The average Bonchev–Trinajstić information content (AvgIpc) is 3.28. The lowest BCUT2D eigenvalue weighted by Gasteiger charge is -2.35. The summed E-state index contributed by atoms with van der Waals surface area (Å²) < 4.78 is 6.41. The third kappa shape index (κ3) is 5.91. The first-order valence-electron chi connectivity index (χ1n) is 14.5. The summed E-state index contributed by atoms with van der Waals surface area (Å²) >= 11 is 0. The van der Waals surface area contributed by atoms with Crippen LogP contribution in [0.1, 0.15) is 45.6 Å². The molecule has 0 bridgehead atoms. The van der Waals surface area contributed by atoms with Crippen molar-refractivity contribution in [2.45, 2.75) is 45.9 Å². The Morgan fingerprint density at radius 2 is 1.60 bits per heavy atom. The van der Waals surface area contributed by atoms with Gasteiger partial charge < -0.3 is 14.6 Å². The normalized spacial score (nSPS) is 17.4. The summed E-state index contributed by atoms with van der Waals surface area (Å²) in [6, 6.07) is 18.7. The Morgan fingerprint density at radius 1 is 0.900 bits per heavy atom. The number of H-pyrrole nitrogens is 1. The van der Waals surface area contributed by atoms with Crippen molar-refractivity contribution in [1.29, 1.82) is 0 Å². The van der Waals surface area contributed by atoms with Crippen LogP contribution in [0.2, 0.25) is 0 Å². The maximum absolute atomic E-state index is 13.4. The third-order valence-electron chi connectivity index (χ3n) is 8.50. The molecule has 208 valence electrons. The summed E-state index contributed by atoms with van der Waals surface area (Å²) in [6.45, 7) is 11.8. The number of fused-ring (bicyclic) bond motifs is 1. The fraction of sp³-hybridized carbons (Fsp3) is 0.394. The van der Waals surface area contributed by atoms with E-state index in [0.29, 0.717) is 13.1 Å². The molecular formula is C33H39N5O2. The lowest BCUT2D eigenvalue weighted by atomic mass is 10.0. The molecule has 2 saturated heterocycles. The highest BCUT2D eigenvalue weighted by atomic mass is 16.5. The van der Waals surface area contributed by atoms with Crippen LogP contribution in [0.3, 0.4) is 0 Å². The van der Waals surface area contributed by atoms with Crippen molar-refractivity contribution in [1.82, 2.24) is 24.7 Å². The van der Waals surface area contributed by atoms with Crippen molar-refractivity contribution in [3.8, 4) is 5.75 Å². The van der Waals surface area contributed by atoms with Gasteiger partial charge in [-0.05, 0) is 54.8 Å². The van der Waals surface area contributed by atoms with Crippen LogP contribution < -0.4 is 4.74 Å². The van der Waals surface area contributed by atoms with E-state index in [1.165, 1.54) is 16.7 Å². The highest BCUT2D eigenvalue weighted by Crippen LogP contribution is 2.27. The number of aromatic amines is 1. The molecule has 2 fully saturated rings. The monoisotopic (exact) mass is 537 g/mol. The van der Waals surface area contributed by atoms with Crippen molar-refractivity contribution in [3.05, 3.63) is 94.9 Å². The Kier molecular flexibility index (Phi) is 7.84. The number of likely N-dealkylation sites (tertiary alicyclic amines) is 1. The second-order valence-electron chi connectivity index (χ2n) is 11.3. The second-order valence-corrected chi connectivity index (χ2v) is 11.3. The molecule has 1 amide bonds. The van der Waals surface area contributed by atoms with Crippen LogP contribution in [0.15, 0.2) is 67.0 Å². The van der Waals surface area contributed by atoms with E-state index in [9.17, 15) is 4.79 Å². The number of nitrogens with zero attached hydrogens (tertiary/aromatic N) is 4. The quantitative estimate of drug-likeness (QED) is 0.352. The maximum Gasteiger partial charge on any atom is 0.255 e. The van der Waals surface area contributed by atoms with Crippen molar-refractivity contribution in [3.63, 3.8) is 0 Å². The van der Waals surface area contributed by atoms with Gasteiger partial charge in [-0.2, -0.15) is 0 Å². The lowest BCUT2D eigenvalue weighted by Crippen LogP contribution is -2.45. The van der Waals surface area contributed by atoms with Crippen molar-refractivity contribution < 1.29 is 9.53 Å². The minimum atomic E-state index is 0.104. The van der Waals surface area contributed by atoms with Crippen LogP contribution in [0.4, 0.5) is 0 Å². The molecule has 7 heteroatoms. The molecule has 0 spiro atoms. The summed E-state index contributed by atoms with van der Waals surface area (Å²) in [5.41, 5.74) is 6.61. The largest absolute Gasteiger partial charge is 0.490 e. The summed E-state index contributed by atoms with van der Waals surface area (Å²) in [7, 11) is 0. The van der Waals surface area contributed by atoms with Crippen molar-refractivity contribution >= 4 is 16.8 Å². The number of aromatic nitrogens is 2. The molecule has 0 aliphatic carbocycles. The van der Waals surface area contributed by atoms with E-state index in [4.69, 9.17) is 4.74 Å². The number of hydrogen-bond acceptors (Lipinski definition) is 5. The minimum Gasteiger partial charge on any atom is -0.490 e. The molecule has 0 saturated carbocycles. The molecule has 0 radical (unpaired) electrons. The number of aryl methyl sites for hydroxylation is 2. The fourth-order valence-corrected chi connectivity index (χ4v) is 6.03. The zero-order valence-electron chi connectivity index (χ0n) is 23.6. The predicted molar refractivity (Wildman–Crippen MR) is 159 cm³/mol. The summed E-state index contributed by atoms with van der Waals surface area (Å²) in [5, 5.41) is 1.13. The van der Waals surface area contributed by atoms with Gasteiger partial charge in [0, 0.05) is 88.7 Å². The van der Waals surface area contributed by atoms with Gasteiger partial charge in [0.05, 0.1) is 11.1 Å². The number of carbonyl (C=O) groups is 1. The molecule has 2 aromatic carbocycles. The van der Waals surface area contributed by atoms with Crippen LogP contribution in [-0.4, -0.2) is 75.9 Å². The molecule has 4 heterocycles. The number of carbonyl (C=O) groups excluding carboxylic acids is 1. The number of nitrogens with one attached hydrogen (secondary N) is 1. The van der Waals surface area contributed by atoms with E-state index in [2.05, 4.69) is 70.0 Å². The van der Waals surface area contributed by atoms with Gasteiger partial charge in [0.15, 0.2) is 0 Å². The zero-order valence-corrected chi connectivity index (χ0v) is 23.6. The van der Waals surface area contributed by atoms with Crippen molar-refractivity contribution in [2.24, 2.45) is 0 Å². The van der Waals surface area contributed by atoms with Gasteiger partial charge in [-0.1, -0.05) is 30.3 Å². The van der Waals surface area contributed by atoms with Gasteiger partial charge in [0.1, 0.15) is 11.9 Å². The molecule has 0 atom stereocenters. The zero-order chi connectivity index (χ0) is 27.5. The molecule has 2 aliphatic heterocycles. The first-order chi connectivity index (χ1) is 19.5. The molecule has 7 nitrogen and oxygen atoms in total. The van der Waals surface area contributed by atoms with E-state index >= 15 is 0 Å². The van der Waals surface area contributed by atoms with E-state index in [1.54, 1.807) is 0 Å². The number of para-hydroxylation sites is 1. The van der Waals surface area contributed by atoms with Crippen molar-refractivity contribution in [2.75, 3.05) is 39.3 Å². The van der Waals surface area contributed by atoms with E-state index in [1.807, 2.05) is 35.5 Å². The first-order valence-corrected chi connectivity index (χ1v) is 14.5. The van der Waals surface area contributed by atoms with Gasteiger partial charge in [-0.15, -0.1) is 0 Å². The number of hydrogen-bond donors (Lipinski definition) is 1. The first kappa shape index (κ1) is 26.5. The topological polar surface area (TPSA) is 64.7 Å². The van der Waals surface area contributed by atoms with Crippen LogP contribution in [0.25, 0.3) is 10.9 Å². The number of piperidine rings is 1. The van der Waals surface area contributed by atoms with Crippen LogP contribution in [-0.2, 0) is 13.1 Å². The summed E-state index contributed by atoms with van der Waals surface area (Å²) in [6.07, 6.45) is 5.60. The van der Waals surface area contributed by atoms with Gasteiger partial charge >= 0.3 is 0 Å². The summed E-state index contributed by atoms with van der Waals surface area (Å²) in [5.74, 6) is 1.03. The van der Waals surface area contributed by atoms with Crippen LogP contribution in [0, 0.1) is 13.8 Å². The number of benzene rings is 2. The Bertz CT molecular complexity index is 1450. The number of ether oxygens (including phenoxy) is 1. The average molecular weight is 538 g/mol. The van der Waals surface area contributed by atoms with Gasteiger partial charge in [-0.3, -0.25) is 19.6 Å². The second kappa shape index (κ2) is 11.8. The predicted octanol–water partition coefficient (Wildman–Crippen LogP) is 5.18. The third-order valence-corrected chi connectivity index (χ3v) is 8.50. The standard InChI is InChI=1S/C33H39N5O2/c1-24-25(2)35-32-30(24)9-4-10-31(32)33(39)38-14-11-28(12-15-38)40-29-8-3-6-26(20-29)22-36-16-18-37(19-17-36)23-27-7-5-13-34-21-27/h3-10,13,20-21,28,35H,11-12,14-19,22-23H2,1-2H3. The van der Waals surface area contributed by atoms with E-state index in [0.717, 1.165) is 80.0 Å². The Labute approximate surface area is 236 Å². The molecule has 4 aromatic rings. The Morgan fingerprint density at radius 3 is 2.33 bits per heavy atom. The molecular weight excluding hydrogens is 498 g/mol. The van der Waals surface area contributed by atoms with Crippen LogP contribution in [0.5, 0.6) is 5.75 Å². The molecule has 0 unspecified atom stereocenters. The molecule has 6 rings (SSSR count). The number of piperazine rings is 1. The van der Waals surface area contributed by atoms with E-state index < -0.39 is 0 Å². The van der Waals surface area contributed by atoms with Gasteiger partial charge in [0.2, 0.25) is 0 Å². The maximum atomic E-state index is 13.4. The van der Waals surface area contributed by atoms with Gasteiger partial charge in [0.25, 0.3) is 5.91 Å². The fourth-order valence-electron chi connectivity index (χ4n) is 6.03. The smallest absolute Gasteiger partial charge is 0.255 e. The molecule has 40 heavy (non-hydrogen) atoms.